The van der Waals surface area contributed by atoms with Gasteiger partial charge in [-0.1, -0.05) is 92.4 Å². The predicted octanol–water partition coefficient (Wildman–Crippen LogP) is 11.4. The Balaban J connectivity index is 1.96. The van der Waals surface area contributed by atoms with Crippen LogP contribution in [0.2, 0.25) is 0 Å². The van der Waals surface area contributed by atoms with E-state index >= 15 is 0 Å². The van der Waals surface area contributed by atoms with E-state index in [-0.39, 0.29) is 22.7 Å². The zero-order valence-electron chi connectivity index (χ0n) is 30.2. The molecule has 260 valence electrons. The first kappa shape index (κ1) is 38.5. The highest BCUT2D eigenvalue weighted by Gasteiger charge is 2.20. The molecule has 2 aromatic carbocycles. The lowest BCUT2D eigenvalue weighted by atomic mass is 9.90. The number of unbranched alkanes of at least 4 members (excludes halogenated alkanes) is 2. The summed E-state index contributed by atoms with van der Waals surface area (Å²) in [5.74, 6) is 2.06. The molecule has 1 fully saturated rings. The van der Waals surface area contributed by atoms with Gasteiger partial charge < -0.3 is 15.0 Å². The molecule has 2 unspecified atom stereocenters. The van der Waals surface area contributed by atoms with Crippen molar-refractivity contribution in [3.63, 3.8) is 0 Å². The minimum atomic E-state index is -0.117. The highest BCUT2D eigenvalue weighted by molar-refractivity contribution is 5.94. The van der Waals surface area contributed by atoms with Crippen molar-refractivity contribution in [2.24, 2.45) is 28.0 Å². The normalized spacial score (nSPS) is 14.6. The highest BCUT2D eigenvalue weighted by Crippen LogP contribution is 2.36. The first-order valence-electron chi connectivity index (χ1n) is 18.6. The second kappa shape index (κ2) is 21.1. The Morgan fingerprint density at radius 1 is 0.896 bits per heavy atom. The van der Waals surface area contributed by atoms with Gasteiger partial charge in [0.25, 0.3) is 0 Å². The van der Waals surface area contributed by atoms with E-state index in [0.717, 1.165) is 44.5 Å². The van der Waals surface area contributed by atoms with Gasteiger partial charge in [-0.3, -0.25) is 4.79 Å². The van der Waals surface area contributed by atoms with Crippen molar-refractivity contribution < 1.29 is 9.53 Å². The topological polar surface area (TPSA) is 114 Å². The summed E-state index contributed by atoms with van der Waals surface area (Å²) in [5.41, 5.74) is 2.76. The van der Waals surface area contributed by atoms with Crippen molar-refractivity contribution in [1.29, 1.82) is 10.5 Å². The SMILES string of the molecule is CCCCC(CC)CN(CC(CC)CCCC)c1ccc(N=Nc2c(C#N)cc(OCC3CCCCC3)cc2C#N)c(NC(=O)CC)c1. The second-order valence-corrected chi connectivity index (χ2v) is 13.4. The van der Waals surface area contributed by atoms with Crippen LogP contribution in [0.25, 0.3) is 0 Å². The molecule has 2 atom stereocenters. The first-order valence-corrected chi connectivity index (χ1v) is 18.6. The van der Waals surface area contributed by atoms with Gasteiger partial charge in [0.1, 0.15) is 29.3 Å². The number of hydrogen-bond donors (Lipinski definition) is 1. The first-order chi connectivity index (χ1) is 23.4. The van der Waals surface area contributed by atoms with E-state index in [4.69, 9.17) is 4.74 Å². The van der Waals surface area contributed by atoms with Crippen molar-refractivity contribution in [2.75, 3.05) is 29.9 Å². The number of hydrogen-bond acceptors (Lipinski definition) is 7. The molecule has 1 aliphatic carbocycles. The molecule has 0 bridgehead atoms. The lowest BCUT2D eigenvalue weighted by Crippen LogP contribution is -2.34. The molecule has 1 amide bonds. The Morgan fingerprint density at radius 3 is 2.02 bits per heavy atom. The van der Waals surface area contributed by atoms with E-state index in [1.54, 1.807) is 12.1 Å². The van der Waals surface area contributed by atoms with E-state index in [2.05, 4.69) is 66.3 Å². The van der Waals surface area contributed by atoms with Crippen LogP contribution >= 0.6 is 0 Å². The quantitative estimate of drug-likeness (QED) is 0.143. The van der Waals surface area contributed by atoms with Crippen LogP contribution in [-0.2, 0) is 4.79 Å². The molecule has 1 N–H and O–H groups in total. The number of nitriles is 2. The molecule has 2 aromatic rings. The predicted molar refractivity (Wildman–Crippen MR) is 196 cm³/mol. The summed E-state index contributed by atoms with van der Waals surface area (Å²) in [6, 6.07) is 13.6. The third kappa shape index (κ3) is 12.0. The average Bonchev–Trinajstić information content (AvgIpc) is 3.12. The van der Waals surface area contributed by atoms with E-state index in [1.807, 2.05) is 19.1 Å². The number of carbonyl (C=O) groups excluding carboxylic acids is 1. The third-order valence-corrected chi connectivity index (χ3v) is 9.78. The van der Waals surface area contributed by atoms with Crippen LogP contribution in [0.1, 0.15) is 136 Å². The number of amides is 1. The Kier molecular flexibility index (Phi) is 17.0. The molecule has 0 saturated heterocycles. The van der Waals surface area contributed by atoms with Gasteiger partial charge in [-0.15, -0.1) is 10.2 Å². The van der Waals surface area contributed by atoms with Crippen LogP contribution in [-0.4, -0.2) is 25.6 Å². The van der Waals surface area contributed by atoms with Crippen molar-refractivity contribution in [3.8, 4) is 17.9 Å². The lowest BCUT2D eigenvalue weighted by molar-refractivity contribution is -0.115. The Hall–Kier alpha value is -3.91. The molecule has 0 aromatic heterocycles. The minimum absolute atomic E-state index is 0.117. The molecule has 0 heterocycles. The van der Waals surface area contributed by atoms with Gasteiger partial charge >= 0.3 is 0 Å². The fraction of sp³-hybridized carbons (Fsp3) is 0.625. The summed E-state index contributed by atoms with van der Waals surface area (Å²) in [7, 11) is 0. The molecule has 0 radical (unpaired) electrons. The van der Waals surface area contributed by atoms with Crippen LogP contribution in [0.3, 0.4) is 0 Å². The van der Waals surface area contributed by atoms with Crippen LogP contribution < -0.4 is 15.0 Å². The van der Waals surface area contributed by atoms with Gasteiger partial charge in [-0.25, -0.2) is 0 Å². The molecular formula is C40H58N6O2. The third-order valence-electron chi connectivity index (χ3n) is 9.78. The summed E-state index contributed by atoms with van der Waals surface area (Å²) in [4.78, 5) is 15.2. The number of carbonyl (C=O) groups is 1. The maximum atomic E-state index is 12.7. The minimum Gasteiger partial charge on any atom is -0.493 e. The molecule has 3 rings (SSSR count). The summed E-state index contributed by atoms with van der Waals surface area (Å²) < 4.78 is 6.05. The van der Waals surface area contributed by atoms with Crippen molar-refractivity contribution in [1.82, 2.24) is 0 Å². The van der Waals surface area contributed by atoms with Gasteiger partial charge in [0.15, 0.2) is 0 Å². The number of ether oxygens (including phenoxy) is 1. The summed E-state index contributed by atoms with van der Waals surface area (Å²) in [6.07, 6.45) is 15.8. The van der Waals surface area contributed by atoms with Gasteiger partial charge in [0.2, 0.25) is 5.91 Å². The average molecular weight is 655 g/mol. The molecule has 1 saturated carbocycles. The molecular weight excluding hydrogens is 596 g/mol. The molecule has 0 aliphatic heterocycles. The summed E-state index contributed by atoms with van der Waals surface area (Å²) in [5, 5.41) is 32.0. The second-order valence-electron chi connectivity index (χ2n) is 13.4. The Bertz CT molecular complexity index is 1350. The number of azo groups is 1. The van der Waals surface area contributed by atoms with Gasteiger partial charge in [0, 0.05) is 37.3 Å². The monoisotopic (exact) mass is 654 g/mol. The van der Waals surface area contributed by atoms with Crippen molar-refractivity contribution in [3.05, 3.63) is 41.5 Å². The molecule has 0 spiro atoms. The van der Waals surface area contributed by atoms with Gasteiger partial charge in [-0.05, 0) is 61.6 Å². The van der Waals surface area contributed by atoms with Crippen LogP contribution in [0.4, 0.5) is 22.7 Å². The number of nitrogens with one attached hydrogen (secondary N) is 1. The lowest BCUT2D eigenvalue weighted by Gasteiger charge is -2.33. The van der Waals surface area contributed by atoms with E-state index < -0.39 is 0 Å². The fourth-order valence-corrected chi connectivity index (χ4v) is 6.53. The fourth-order valence-electron chi connectivity index (χ4n) is 6.53. The zero-order valence-corrected chi connectivity index (χ0v) is 30.2. The van der Waals surface area contributed by atoms with E-state index in [1.165, 1.54) is 57.8 Å². The smallest absolute Gasteiger partial charge is 0.224 e. The van der Waals surface area contributed by atoms with E-state index in [0.29, 0.717) is 47.9 Å². The van der Waals surface area contributed by atoms with Crippen LogP contribution in [0.5, 0.6) is 5.75 Å². The van der Waals surface area contributed by atoms with Crippen LogP contribution in [0.15, 0.2) is 40.6 Å². The Labute approximate surface area is 290 Å². The van der Waals surface area contributed by atoms with Crippen molar-refractivity contribution in [2.45, 2.75) is 125 Å². The van der Waals surface area contributed by atoms with Gasteiger partial charge in [0.05, 0.1) is 23.4 Å². The molecule has 8 heteroatoms. The van der Waals surface area contributed by atoms with Crippen LogP contribution in [0, 0.1) is 40.4 Å². The highest BCUT2D eigenvalue weighted by atomic mass is 16.5. The summed E-state index contributed by atoms with van der Waals surface area (Å²) in [6.45, 7) is 13.4. The number of nitrogens with zero attached hydrogens (tertiary/aromatic N) is 5. The number of anilines is 2. The number of benzene rings is 2. The maximum absolute atomic E-state index is 12.7. The van der Waals surface area contributed by atoms with Gasteiger partial charge in [-0.2, -0.15) is 10.5 Å². The zero-order chi connectivity index (χ0) is 34.7. The summed E-state index contributed by atoms with van der Waals surface area (Å²) >= 11 is 0. The molecule has 48 heavy (non-hydrogen) atoms. The molecule has 1 aliphatic rings. The largest absolute Gasteiger partial charge is 0.493 e. The standard InChI is InChI=1S/C40H58N6O2/c1-6-11-16-30(8-3)27-46(28-31(9-4)17-12-7-2)35-20-21-37(38(24-35)43-39(47)10-5)44-45-40-33(25-41)22-36(23-34(40)26-42)48-29-32-18-14-13-15-19-32/h20-24,30-32H,6-19,27-29H2,1-5H3,(H,43,47). The van der Waals surface area contributed by atoms with E-state index in [9.17, 15) is 15.3 Å². The van der Waals surface area contributed by atoms with Crippen molar-refractivity contribution >= 4 is 28.7 Å². The number of rotatable bonds is 20. The molecule has 8 nitrogen and oxygen atoms in total. The maximum Gasteiger partial charge on any atom is 0.224 e. The Morgan fingerprint density at radius 2 is 1.50 bits per heavy atom.